The molecule has 1 fully saturated rings. The molecule has 1 aliphatic rings. The summed E-state index contributed by atoms with van der Waals surface area (Å²) in [6, 6.07) is 0. The highest BCUT2D eigenvalue weighted by molar-refractivity contribution is 5.74. The molecular weight excluding hydrogens is 1020 g/mol. The van der Waals surface area contributed by atoms with Gasteiger partial charge in [-0.25, -0.2) is 4.79 Å². The fourth-order valence-corrected chi connectivity index (χ4v) is 8.93. The minimum Gasteiger partial charge on any atom is -0.479 e. The van der Waals surface area contributed by atoms with Gasteiger partial charge in [0.2, 0.25) is 0 Å². The quantitative estimate of drug-likeness (QED) is 0.0228. The van der Waals surface area contributed by atoms with E-state index in [2.05, 4.69) is 124 Å². The molecule has 0 spiro atoms. The summed E-state index contributed by atoms with van der Waals surface area (Å²) in [4.78, 5) is 51.3. The molecule has 3 N–H and O–H groups in total. The summed E-state index contributed by atoms with van der Waals surface area (Å²) in [7, 11) is 0. The first-order valence-electron chi connectivity index (χ1n) is 31.9. The van der Waals surface area contributed by atoms with Gasteiger partial charge < -0.3 is 39.0 Å². The van der Waals surface area contributed by atoms with Gasteiger partial charge in [0.15, 0.2) is 24.6 Å². The lowest BCUT2D eigenvalue weighted by Crippen LogP contribution is -2.61. The molecule has 1 rings (SSSR count). The molecule has 0 aromatic rings. The van der Waals surface area contributed by atoms with Gasteiger partial charge in [0.25, 0.3) is 0 Å². The molecule has 0 radical (unpaired) electrons. The van der Waals surface area contributed by atoms with E-state index in [-0.39, 0.29) is 25.9 Å². The third kappa shape index (κ3) is 45.6. The zero-order valence-corrected chi connectivity index (χ0v) is 50.7. The Bertz CT molecular complexity index is 1820. The SMILES string of the molecule is CC/C=C\C/C=C\C/C=C\C/C=C\C/C=C\CCCC(=O)OCC(COC1OC(C(=O)O)C(O)C(O)C1OC(=O)CCCCCCCCC/C=C\C/C=C\CCCCC)OC(=O)CCCCCCCCC/C=C\C/C=C\CCCCC. The Kier molecular flexibility index (Phi) is 51.3. The van der Waals surface area contributed by atoms with Gasteiger partial charge in [0.1, 0.15) is 18.8 Å². The Hall–Kier alpha value is -4.62. The number of hydrogen-bond acceptors (Lipinski definition) is 11. The van der Waals surface area contributed by atoms with Gasteiger partial charge in [-0.2, -0.15) is 0 Å². The summed E-state index contributed by atoms with van der Waals surface area (Å²) in [5.74, 6) is -3.22. The maximum absolute atomic E-state index is 13.2. The van der Waals surface area contributed by atoms with Gasteiger partial charge in [0, 0.05) is 19.3 Å². The average Bonchev–Trinajstić information content (AvgIpc) is 3.53. The molecule has 1 heterocycles. The van der Waals surface area contributed by atoms with Crippen LogP contribution in [-0.2, 0) is 42.9 Å². The molecule has 0 aromatic heterocycles. The number of rotatable bonds is 53. The van der Waals surface area contributed by atoms with E-state index in [0.717, 1.165) is 148 Å². The molecule has 0 bridgehead atoms. The Balaban J connectivity index is 2.72. The lowest BCUT2D eigenvalue weighted by atomic mass is 9.98. The molecule has 81 heavy (non-hydrogen) atoms. The average molecular weight is 1130 g/mol. The number of aliphatic hydroxyl groups excluding tert-OH is 2. The molecule has 6 atom stereocenters. The molecule has 1 aliphatic heterocycles. The lowest BCUT2D eigenvalue weighted by Gasteiger charge is -2.40. The summed E-state index contributed by atoms with van der Waals surface area (Å²) in [5, 5.41) is 31.6. The van der Waals surface area contributed by atoms with Crippen LogP contribution in [0, 0.1) is 0 Å². The molecule has 0 saturated carbocycles. The first-order chi connectivity index (χ1) is 39.6. The monoisotopic (exact) mass is 1130 g/mol. The van der Waals surface area contributed by atoms with Gasteiger partial charge in [-0.05, 0) is 122 Å². The third-order valence-electron chi connectivity index (χ3n) is 13.8. The van der Waals surface area contributed by atoms with Crippen LogP contribution in [-0.4, -0.2) is 89.2 Å². The van der Waals surface area contributed by atoms with Crippen LogP contribution in [0.5, 0.6) is 0 Å². The first kappa shape index (κ1) is 74.4. The lowest BCUT2D eigenvalue weighted by molar-refractivity contribution is -0.301. The highest BCUT2D eigenvalue weighted by Gasteiger charge is 2.50. The van der Waals surface area contributed by atoms with Gasteiger partial charge in [-0.1, -0.05) is 220 Å². The van der Waals surface area contributed by atoms with Crippen LogP contribution < -0.4 is 0 Å². The van der Waals surface area contributed by atoms with Crippen molar-refractivity contribution in [3.8, 4) is 0 Å². The van der Waals surface area contributed by atoms with Gasteiger partial charge >= 0.3 is 23.9 Å². The number of aliphatic hydroxyl groups is 2. The van der Waals surface area contributed by atoms with Crippen LogP contribution >= 0.6 is 0 Å². The van der Waals surface area contributed by atoms with E-state index in [1.165, 1.54) is 38.5 Å². The number of esters is 3. The Labute approximate surface area is 491 Å². The number of carbonyl (C=O) groups excluding carboxylic acids is 3. The van der Waals surface area contributed by atoms with Gasteiger partial charge in [0.05, 0.1) is 6.61 Å². The zero-order chi connectivity index (χ0) is 58.9. The van der Waals surface area contributed by atoms with Crippen LogP contribution in [0.25, 0.3) is 0 Å². The number of aliphatic carboxylic acids is 1. The van der Waals surface area contributed by atoms with Crippen molar-refractivity contribution in [2.45, 2.75) is 289 Å². The van der Waals surface area contributed by atoms with E-state index in [9.17, 15) is 34.5 Å². The van der Waals surface area contributed by atoms with E-state index in [1.54, 1.807) is 0 Å². The number of unbranched alkanes of at least 4 members (excludes halogenated alkanes) is 21. The second-order valence-corrected chi connectivity index (χ2v) is 21.3. The van der Waals surface area contributed by atoms with Crippen molar-refractivity contribution >= 4 is 23.9 Å². The predicted molar refractivity (Wildman–Crippen MR) is 330 cm³/mol. The molecule has 1 saturated heterocycles. The largest absolute Gasteiger partial charge is 0.479 e. The smallest absolute Gasteiger partial charge is 0.335 e. The molecule has 0 amide bonds. The fraction of sp³-hybridized carbons (Fsp3) is 0.681. The van der Waals surface area contributed by atoms with Crippen LogP contribution in [0.2, 0.25) is 0 Å². The Morgan fingerprint density at radius 1 is 0.420 bits per heavy atom. The maximum atomic E-state index is 13.2. The molecular formula is C69H112O12. The maximum Gasteiger partial charge on any atom is 0.335 e. The number of carbonyl (C=O) groups is 4. The molecule has 12 heteroatoms. The molecule has 460 valence electrons. The van der Waals surface area contributed by atoms with Crippen molar-refractivity contribution in [3.63, 3.8) is 0 Å². The first-order valence-corrected chi connectivity index (χ1v) is 31.9. The van der Waals surface area contributed by atoms with E-state index in [1.807, 2.05) is 6.08 Å². The van der Waals surface area contributed by atoms with Crippen LogP contribution in [0.3, 0.4) is 0 Å². The zero-order valence-electron chi connectivity index (χ0n) is 50.7. The van der Waals surface area contributed by atoms with E-state index >= 15 is 0 Å². The second-order valence-electron chi connectivity index (χ2n) is 21.3. The van der Waals surface area contributed by atoms with E-state index in [4.69, 9.17) is 23.7 Å². The van der Waals surface area contributed by atoms with E-state index < -0.39 is 67.3 Å². The molecule has 12 nitrogen and oxygen atoms in total. The van der Waals surface area contributed by atoms with Crippen LogP contribution in [0.15, 0.2) is 109 Å². The standard InChI is InChI=1S/C69H112O12/c1-4-7-10-13-16-19-22-25-28-31-34-37-40-43-46-49-52-55-61(70)77-58-60(79-62(71)56-53-50-47-44-41-38-35-32-29-26-23-20-17-14-11-8-5-2)59-78-69-67(65(74)64(73)66(81-69)68(75)76)80-63(72)57-54-51-48-45-42-39-36-33-30-27-24-21-18-15-12-9-6-3/h7,10,16-21,25-30,34,37,43,46,60,64-67,69,73-74H,4-6,8-9,11-15,22-24,31-33,35-36,38-42,44-45,47-59H2,1-3H3,(H,75,76)/b10-7-,19-16-,20-17-,21-18-,28-25-,29-26-,30-27-,37-34-,46-43-. The summed E-state index contributed by atoms with van der Waals surface area (Å²) >= 11 is 0. The van der Waals surface area contributed by atoms with Gasteiger partial charge in [-0.3, -0.25) is 14.4 Å². The van der Waals surface area contributed by atoms with Crippen molar-refractivity contribution in [1.29, 1.82) is 0 Å². The summed E-state index contributed by atoms with van der Waals surface area (Å²) in [6.45, 7) is 5.78. The highest BCUT2D eigenvalue weighted by atomic mass is 16.7. The number of ether oxygens (including phenoxy) is 5. The predicted octanol–water partition coefficient (Wildman–Crippen LogP) is 17.0. The number of allylic oxidation sites excluding steroid dienone is 18. The summed E-state index contributed by atoms with van der Waals surface area (Å²) < 4.78 is 28.4. The van der Waals surface area contributed by atoms with Crippen molar-refractivity contribution in [1.82, 2.24) is 0 Å². The minimum absolute atomic E-state index is 0.0404. The van der Waals surface area contributed by atoms with Crippen molar-refractivity contribution in [2.75, 3.05) is 13.2 Å². The summed E-state index contributed by atoms with van der Waals surface area (Å²) in [5.41, 5.74) is 0. The van der Waals surface area contributed by atoms with Crippen LogP contribution in [0.4, 0.5) is 0 Å². The molecule has 6 unspecified atom stereocenters. The number of carboxylic acid groups (broad SMARTS) is 1. The number of carboxylic acids is 1. The minimum atomic E-state index is -1.92. The van der Waals surface area contributed by atoms with Gasteiger partial charge in [-0.15, -0.1) is 0 Å². The molecule has 0 aliphatic carbocycles. The highest BCUT2D eigenvalue weighted by Crippen LogP contribution is 2.26. The second kappa shape index (κ2) is 55.9. The Morgan fingerprint density at radius 2 is 0.790 bits per heavy atom. The van der Waals surface area contributed by atoms with E-state index in [0.29, 0.717) is 25.7 Å². The third-order valence-corrected chi connectivity index (χ3v) is 13.8. The van der Waals surface area contributed by atoms with Crippen molar-refractivity contribution in [2.24, 2.45) is 0 Å². The Morgan fingerprint density at radius 3 is 1.22 bits per heavy atom. The normalized spacial score (nSPS) is 18.5. The number of hydrogen-bond donors (Lipinski definition) is 3. The van der Waals surface area contributed by atoms with Crippen molar-refractivity contribution in [3.05, 3.63) is 109 Å². The topological polar surface area (TPSA) is 175 Å². The summed E-state index contributed by atoms with van der Waals surface area (Å²) in [6.07, 6.45) is 63.3. The van der Waals surface area contributed by atoms with Crippen LogP contribution in [0.1, 0.15) is 252 Å². The van der Waals surface area contributed by atoms with Crippen molar-refractivity contribution < 1.29 is 58.2 Å². The fourth-order valence-electron chi connectivity index (χ4n) is 8.93. The molecule has 0 aromatic carbocycles.